The minimum absolute atomic E-state index is 0.127. The number of nitrogens with zero attached hydrogens (tertiary/aromatic N) is 1. The third-order valence-electron chi connectivity index (χ3n) is 2.80. The van der Waals surface area contributed by atoms with Crippen LogP contribution in [-0.4, -0.2) is 15.9 Å². The Morgan fingerprint density at radius 1 is 1.24 bits per heavy atom. The van der Waals surface area contributed by atoms with Gasteiger partial charge in [0.2, 0.25) is 0 Å². The molecular weight excluding hydrogens is 279 g/mol. The third-order valence-corrected chi connectivity index (χ3v) is 2.80. The van der Waals surface area contributed by atoms with Crippen molar-refractivity contribution >= 4 is 17.3 Å². The van der Waals surface area contributed by atoms with E-state index in [-0.39, 0.29) is 12.2 Å². The molecule has 0 heterocycles. The molecule has 7 heteroatoms. The van der Waals surface area contributed by atoms with Crippen LogP contribution in [0.25, 0.3) is 0 Å². The second-order valence-corrected chi connectivity index (χ2v) is 4.23. The van der Waals surface area contributed by atoms with Crippen molar-refractivity contribution < 1.29 is 19.2 Å². The summed E-state index contributed by atoms with van der Waals surface area (Å²) >= 11 is 0. The monoisotopic (exact) mass is 290 g/mol. The molecule has 2 N–H and O–H groups in total. The summed E-state index contributed by atoms with van der Waals surface area (Å²) in [6.45, 7) is -0.127. The number of nitro benzene ring substituents is 1. The lowest BCUT2D eigenvalue weighted by Gasteiger charge is -2.06. The van der Waals surface area contributed by atoms with Crippen molar-refractivity contribution in [3.05, 3.63) is 69.5 Å². The number of rotatable bonds is 4. The number of hydrogen-bond donors (Lipinski definition) is 2. The van der Waals surface area contributed by atoms with E-state index in [1.165, 1.54) is 0 Å². The van der Waals surface area contributed by atoms with Gasteiger partial charge in [0.1, 0.15) is 11.4 Å². The van der Waals surface area contributed by atoms with Gasteiger partial charge in [0, 0.05) is 5.69 Å². The fourth-order valence-electron chi connectivity index (χ4n) is 1.74. The lowest BCUT2D eigenvalue weighted by atomic mass is 10.1. The maximum absolute atomic E-state index is 13.0. The zero-order chi connectivity index (χ0) is 15.4. The molecule has 2 aromatic rings. The van der Waals surface area contributed by atoms with Crippen molar-refractivity contribution in [2.24, 2.45) is 0 Å². The van der Waals surface area contributed by atoms with Gasteiger partial charge in [0.05, 0.1) is 17.6 Å². The normalized spacial score (nSPS) is 10.2. The summed E-state index contributed by atoms with van der Waals surface area (Å²) in [7, 11) is 0. The van der Waals surface area contributed by atoms with Crippen LogP contribution in [-0.2, 0) is 6.61 Å². The van der Waals surface area contributed by atoms with Crippen LogP contribution in [0.2, 0.25) is 0 Å². The number of benzene rings is 2. The molecule has 0 atom stereocenters. The number of nitro groups is 1. The van der Waals surface area contributed by atoms with Gasteiger partial charge in [-0.2, -0.15) is 0 Å². The standard InChI is InChI=1S/C14H11FN2O4/c15-10-3-6-12(13(7-10)17(20)21)14(19)16-11-4-1-9(8-18)2-5-11/h1-7,18H,8H2,(H,16,19). The van der Waals surface area contributed by atoms with Crippen molar-refractivity contribution in [3.8, 4) is 0 Å². The summed E-state index contributed by atoms with van der Waals surface area (Å²) in [5.41, 5.74) is 0.253. The molecule has 108 valence electrons. The predicted octanol–water partition coefficient (Wildman–Crippen LogP) is 2.48. The van der Waals surface area contributed by atoms with Gasteiger partial charge in [-0.05, 0) is 29.8 Å². The van der Waals surface area contributed by atoms with Crippen LogP contribution < -0.4 is 5.32 Å². The molecule has 0 spiro atoms. The highest BCUT2D eigenvalue weighted by atomic mass is 19.1. The Morgan fingerprint density at radius 3 is 2.48 bits per heavy atom. The zero-order valence-corrected chi connectivity index (χ0v) is 10.7. The molecule has 0 saturated carbocycles. The van der Waals surface area contributed by atoms with Gasteiger partial charge in [-0.3, -0.25) is 14.9 Å². The van der Waals surface area contributed by atoms with E-state index < -0.39 is 22.3 Å². The largest absolute Gasteiger partial charge is 0.392 e. The van der Waals surface area contributed by atoms with Crippen LogP contribution in [0.5, 0.6) is 0 Å². The Morgan fingerprint density at radius 2 is 1.90 bits per heavy atom. The first kappa shape index (κ1) is 14.6. The van der Waals surface area contributed by atoms with Gasteiger partial charge >= 0.3 is 0 Å². The van der Waals surface area contributed by atoms with Gasteiger partial charge in [0.15, 0.2) is 0 Å². The fraction of sp³-hybridized carbons (Fsp3) is 0.0714. The van der Waals surface area contributed by atoms with Crippen molar-refractivity contribution in [1.82, 2.24) is 0 Å². The lowest BCUT2D eigenvalue weighted by Crippen LogP contribution is -2.14. The molecule has 0 saturated heterocycles. The average Bonchev–Trinajstić information content (AvgIpc) is 2.47. The molecule has 0 bridgehead atoms. The van der Waals surface area contributed by atoms with Gasteiger partial charge in [0.25, 0.3) is 11.6 Å². The van der Waals surface area contributed by atoms with Crippen LogP contribution in [0.4, 0.5) is 15.8 Å². The summed E-state index contributed by atoms with van der Waals surface area (Å²) in [5, 5.41) is 22.2. The summed E-state index contributed by atoms with van der Waals surface area (Å²) < 4.78 is 13.0. The Kier molecular flexibility index (Phi) is 4.24. The number of amides is 1. The number of anilines is 1. The zero-order valence-electron chi connectivity index (χ0n) is 10.7. The highest BCUT2D eigenvalue weighted by Gasteiger charge is 2.21. The van der Waals surface area contributed by atoms with Gasteiger partial charge in [-0.1, -0.05) is 12.1 Å². The fourth-order valence-corrected chi connectivity index (χ4v) is 1.74. The smallest absolute Gasteiger partial charge is 0.285 e. The van der Waals surface area contributed by atoms with Crippen LogP contribution >= 0.6 is 0 Å². The molecule has 0 aromatic heterocycles. The molecule has 0 aliphatic rings. The van der Waals surface area contributed by atoms with E-state index in [2.05, 4.69) is 5.32 Å². The van der Waals surface area contributed by atoms with Gasteiger partial charge < -0.3 is 10.4 Å². The van der Waals surface area contributed by atoms with Crippen LogP contribution in [0.15, 0.2) is 42.5 Å². The summed E-state index contributed by atoms with van der Waals surface area (Å²) in [5.74, 6) is -1.50. The number of hydrogen-bond acceptors (Lipinski definition) is 4. The van der Waals surface area contributed by atoms with Crippen LogP contribution in [0, 0.1) is 15.9 Å². The topological polar surface area (TPSA) is 92.5 Å². The molecule has 6 nitrogen and oxygen atoms in total. The number of aliphatic hydroxyl groups is 1. The first-order valence-electron chi connectivity index (χ1n) is 5.96. The summed E-state index contributed by atoms with van der Waals surface area (Å²) in [4.78, 5) is 22.1. The second-order valence-electron chi connectivity index (χ2n) is 4.23. The molecule has 0 radical (unpaired) electrons. The Balaban J connectivity index is 2.25. The van der Waals surface area contributed by atoms with E-state index in [1.807, 2.05) is 0 Å². The van der Waals surface area contributed by atoms with Crippen molar-refractivity contribution in [2.75, 3.05) is 5.32 Å². The molecule has 21 heavy (non-hydrogen) atoms. The van der Waals surface area contributed by atoms with Crippen molar-refractivity contribution in [2.45, 2.75) is 6.61 Å². The Labute approximate surface area is 119 Å². The number of aliphatic hydroxyl groups excluding tert-OH is 1. The van der Waals surface area contributed by atoms with Crippen LogP contribution in [0.3, 0.4) is 0 Å². The van der Waals surface area contributed by atoms with E-state index in [1.54, 1.807) is 24.3 Å². The Hall–Kier alpha value is -2.80. The van der Waals surface area contributed by atoms with E-state index in [4.69, 9.17) is 5.11 Å². The average molecular weight is 290 g/mol. The molecule has 2 aromatic carbocycles. The number of carbonyl (C=O) groups is 1. The summed E-state index contributed by atoms with van der Waals surface area (Å²) in [6, 6.07) is 9.06. The minimum atomic E-state index is -0.813. The predicted molar refractivity (Wildman–Crippen MR) is 73.4 cm³/mol. The lowest BCUT2D eigenvalue weighted by molar-refractivity contribution is -0.385. The summed E-state index contributed by atoms with van der Waals surface area (Å²) in [6.07, 6.45) is 0. The van der Waals surface area contributed by atoms with Gasteiger partial charge in [-0.25, -0.2) is 4.39 Å². The van der Waals surface area contributed by atoms with Gasteiger partial charge in [-0.15, -0.1) is 0 Å². The van der Waals surface area contributed by atoms with E-state index >= 15 is 0 Å². The molecule has 0 fully saturated rings. The first-order chi connectivity index (χ1) is 10.0. The maximum atomic E-state index is 13.0. The number of carbonyl (C=O) groups excluding carboxylic acids is 1. The van der Waals surface area contributed by atoms with E-state index in [0.717, 1.165) is 12.1 Å². The number of halogens is 1. The molecule has 0 unspecified atom stereocenters. The second kappa shape index (κ2) is 6.10. The van der Waals surface area contributed by atoms with Crippen molar-refractivity contribution in [1.29, 1.82) is 0 Å². The Bertz CT molecular complexity index is 686. The first-order valence-corrected chi connectivity index (χ1v) is 5.96. The highest BCUT2D eigenvalue weighted by Crippen LogP contribution is 2.21. The molecule has 0 aliphatic carbocycles. The molecular formula is C14H11FN2O4. The highest BCUT2D eigenvalue weighted by molar-refractivity contribution is 6.07. The van der Waals surface area contributed by atoms with Crippen LogP contribution in [0.1, 0.15) is 15.9 Å². The van der Waals surface area contributed by atoms with E-state index in [9.17, 15) is 19.3 Å². The SMILES string of the molecule is O=C(Nc1ccc(CO)cc1)c1ccc(F)cc1[N+](=O)[O-]. The molecule has 1 amide bonds. The third kappa shape index (κ3) is 3.40. The molecule has 2 rings (SSSR count). The van der Waals surface area contributed by atoms with Crippen molar-refractivity contribution in [3.63, 3.8) is 0 Å². The maximum Gasteiger partial charge on any atom is 0.285 e. The minimum Gasteiger partial charge on any atom is -0.392 e. The molecule has 0 aliphatic heterocycles. The quantitative estimate of drug-likeness (QED) is 0.668. The number of nitrogens with one attached hydrogen (secondary N) is 1. The van der Waals surface area contributed by atoms with E-state index in [0.29, 0.717) is 17.3 Å².